The van der Waals surface area contributed by atoms with Gasteiger partial charge in [-0.25, -0.2) is 4.39 Å². The second-order valence-corrected chi connectivity index (χ2v) is 8.84. The highest BCUT2D eigenvalue weighted by molar-refractivity contribution is 6.05. The summed E-state index contributed by atoms with van der Waals surface area (Å²) < 4.78 is 14.3. The van der Waals surface area contributed by atoms with Crippen molar-refractivity contribution in [1.82, 2.24) is 15.1 Å². The topological polar surface area (TPSA) is 86.8 Å². The smallest absolute Gasteiger partial charge is 0.242 e. The van der Waals surface area contributed by atoms with Crippen LogP contribution in [-0.4, -0.2) is 52.1 Å². The maximum absolute atomic E-state index is 14.3. The monoisotopic (exact) mass is 457 g/mol. The minimum absolute atomic E-state index is 0.0447. The molecule has 1 N–H and O–H groups in total. The number of carbonyl (C=O) groups excluding carboxylic acids is 4. The van der Waals surface area contributed by atoms with Gasteiger partial charge in [-0.1, -0.05) is 37.3 Å². The van der Waals surface area contributed by atoms with Crippen molar-refractivity contribution in [3.05, 3.63) is 47.8 Å². The summed E-state index contributed by atoms with van der Waals surface area (Å²) in [6.45, 7) is 5.28. The third kappa shape index (κ3) is 5.49. The van der Waals surface area contributed by atoms with Gasteiger partial charge in [0.05, 0.1) is 11.8 Å². The Labute approximate surface area is 194 Å². The van der Waals surface area contributed by atoms with Gasteiger partial charge in [0, 0.05) is 31.1 Å². The number of amides is 4. The predicted molar refractivity (Wildman–Crippen MR) is 121 cm³/mol. The van der Waals surface area contributed by atoms with Gasteiger partial charge in [0.15, 0.2) is 0 Å². The van der Waals surface area contributed by atoms with Gasteiger partial charge in [-0.15, -0.1) is 0 Å². The molecule has 4 amide bonds. The van der Waals surface area contributed by atoms with Gasteiger partial charge in [-0.05, 0) is 39.2 Å². The lowest BCUT2D eigenvalue weighted by Gasteiger charge is -2.30. The first-order valence-corrected chi connectivity index (χ1v) is 11.6. The van der Waals surface area contributed by atoms with Crippen molar-refractivity contribution in [3.63, 3.8) is 0 Å². The van der Waals surface area contributed by atoms with Crippen LogP contribution in [0.15, 0.2) is 36.4 Å². The second-order valence-electron chi connectivity index (χ2n) is 8.84. The number of fused-ring (bicyclic) bond motifs is 1. The number of hydrogen-bond donors (Lipinski definition) is 1. The van der Waals surface area contributed by atoms with Crippen molar-refractivity contribution in [1.29, 1.82) is 0 Å². The molecule has 0 unspecified atom stereocenters. The Balaban J connectivity index is 1.73. The van der Waals surface area contributed by atoms with E-state index in [0.29, 0.717) is 18.4 Å². The average molecular weight is 458 g/mol. The number of halogens is 1. The van der Waals surface area contributed by atoms with E-state index < -0.39 is 17.8 Å². The molecular formula is C25H32FN3O4. The van der Waals surface area contributed by atoms with E-state index in [9.17, 15) is 23.6 Å². The van der Waals surface area contributed by atoms with E-state index in [1.165, 1.54) is 15.9 Å². The van der Waals surface area contributed by atoms with Crippen molar-refractivity contribution in [2.24, 2.45) is 11.8 Å². The fourth-order valence-corrected chi connectivity index (χ4v) is 4.30. The Kier molecular flexibility index (Phi) is 8.00. The number of nitrogens with one attached hydrogen (secondary N) is 1. The van der Waals surface area contributed by atoms with Gasteiger partial charge in [-0.3, -0.25) is 24.1 Å². The van der Waals surface area contributed by atoms with E-state index >= 15 is 0 Å². The van der Waals surface area contributed by atoms with Crippen LogP contribution in [0.5, 0.6) is 0 Å². The van der Waals surface area contributed by atoms with Crippen molar-refractivity contribution in [3.8, 4) is 0 Å². The Morgan fingerprint density at radius 3 is 2.30 bits per heavy atom. The van der Waals surface area contributed by atoms with Crippen LogP contribution in [0.3, 0.4) is 0 Å². The van der Waals surface area contributed by atoms with E-state index in [-0.39, 0.29) is 55.1 Å². The highest BCUT2D eigenvalue weighted by Gasteiger charge is 2.47. The quantitative estimate of drug-likeness (QED) is 0.456. The van der Waals surface area contributed by atoms with Crippen LogP contribution >= 0.6 is 0 Å². The minimum Gasteiger partial charge on any atom is -0.352 e. The van der Waals surface area contributed by atoms with Crippen LogP contribution in [-0.2, 0) is 25.7 Å². The highest BCUT2D eigenvalue weighted by Crippen LogP contribution is 2.35. The zero-order chi connectivity index (χ0) is 24.1. The van der Waals surface area contributed by atoms with E-state index in [1.54, 1.807) is 25.1 Å². The lowest BCUT2D eigenvalue weighted by atomic mass is 9.85. The number of allylic oxidation sites excluding steroid dienone is 2. The van der Waals surface area contributed by atoms with Gasteiger partial charge in [-0.2, -0.15) is 0 Å². The SMILES string of the molecule is CC[C@H](C)NC(=O)[C@@H](C)N(Cc1ccccc1F)C(=O)CCN1C(=O)[C@H]2CC=CC[C@H]2C1=O. The van der Waals surface area contributed by atoms with Gasteiger partial charge in [0.25, 0.3) is 0 Å². The minimum atomic E-state index is -0.845. The summed E-state index contributed by atoms with van der Waals surface area (Å²) in [5, 5.41) is 2.86. The molecule has 0 spiro atoms. The fraction of sp³-hybridized carbons (Fsp3) is 0.520. The van der Waals surface area contributed by atoms with E-state index in [4.69, 9.17) is 0 Å². The summed E-state index contributed by atoms with van der Waals surface area (Å²) in [6, 6.07) is 5.19. The Morgan fingerprint density at radius 2 is 1.73 bits per heavy atom. The molecule has 4 atom stereocenters. The van der Waals surface area contributed by atoms with Crippen molar-refractivity contribution in [2.45, 2.75) is 65.1 Å². The van der Waals surface area contributed by atoms with Crippen LogP contribution in [0.1, 0.15) is 52.0 Å². The number of rotatable bonds is 9. The molecule has 3 rings (SSSR count). The molecule has 1 aromatic rings. The average Bonchev–Trinajstić information content (AvgIpc) is 3.06. The number of carbonyl (C=O) groups is 4. The van der Waals surface area contributed by atoms with Gasteiger partial charge < -0.3 is 10.2 Å². The molecular weight excluding hydrogens is 425 g/mol. The lowest BCUT2D eigenvalue weighted by Crippen LogP contribution is -2.50. The molecule has 1 aliphatic carbocycles. The summed E-state index contributed by atoms with van der Waals surface area (Å²) in [6.07, 6.45) is 5.50. The molecule has 1 saturated heterocycles. The van der Waals surface area contributed by atoms with Crippen LogP contribution in [0.25, 0.3) is 0 Å². The van der Waals surface area contributed by atoms with Gasteiger partial charge >= 0.3 is 0 Å². The maximum atomic E-state index is 14.3. The molecule has 8 heteroatoms. The molecule has 178 valence electrons. The van der Waals surface area contributed by atoms with E-state index in [2.05, 4.69) is 5.32 Å². The van der Waals surface area contributed by atoms with E-state index in [1.807, 2.05) is 26.0 Å². The van der Waals surface area contributed by atoms with Gasteiger partial charge in [0.1, 0.15) is 11.9 Å². The fourth-order valence-electron chi connectivity index (χ4n) is 4.30. The van der Waals surface area contributed by atoms with Crippen molar-refractivity contribution in [2.75, 3.05) is 6.54 Å². The molecule has 33 heavy (non-hydrogen) atoms. The second kappa shape index (κ2) is 10.7. The summed E-state index contributed by atoms with van der Waals surface area (Å²) in [5.41, 5.74) is 0.291. The standard InChI is InChI=1S/C25H32FN3O4/c1-4-16(2)27-23(31)17(3)29(15-18-9-5-8-12-21(18)26)22(30)13-14-28-24(32)19-10-6-7-11-20(19)25(28)33/h5-9,12,16-17,19-20H,4,10-11,13-15H2,1-3H3,(H,27,31)/t16-,17+,19-,20+/m0/s1. The van der Waals surface area contributed by atoms with Crippen LogP contribution in [0.2, 0.25) is 0 Å². The zero-order valence-corrected chi connectivity index (χ0v) is 19.4. The molecule has 1 fully saturated rings. The van der Waals surface area contributed by atoms with Crippen LogP contribution in [0.4, 0.5) is 4.39 Å². The Morgan fingerprint density at radius 1 is 1.12 bits per heavy atom. The predicted octanol–water partition coefficient (Wildman–Crippen LogP) is 2.80. The van der Waals surface area contributed by atoms with E-state index in [0.717, 1.165) is 6.42 Å². The molecule has 1 heterocycles. The number of likely N-dealkylation sites (tertiary alicyclic amines) is 1. The van der Waals surface area contributed by atoms with Crippen LogP contribution < -0.4 is 5.32 Å². The number of benzene rings is 1. The first-order valence-electron chi connectivity index (χ1n) is 11.6. The summed E-state index contributed by atoms with van der Waals surface area (Å²) >= 11 is 0. The summed E-state index contributed by atoms with van der Waals surface area (Å²) in [7, 11) is 0. The molecule has 2 aliphatic rings. The normalized spacial score (nSPS) is 21.5. The highest BCUT2D eigenvalue weighted by atomic mass is 19.1. The Bertz CT molecular complexity index is 921. The molecule has 7 nitrogen and oxygen atoms in total. The molecule has 0 saturated carbocycles. The molecule has 0 radical (unpaired) electrons. The molecule has 0 bridgehead atoms. The lowest BCUT2D eigenvalue weighted by molar-refractivity contribution is -0.144. The Hall–Kier alpha value is -3.03. The largest absolute Gasteiger partial charge is 0.352 e. The molecule has 0 aromatic heterocycles. The third-order valence-corrected chi connectivity index (χ3v) is 6.61. The van der Waals surface area contributed by atoms with Crippen LogP contribution in [0, 0.1) is 17.7 Å². The maximum Gasteiger partial charge on any atom is 0.242 e. The van der Waals surface area contributed by atoms with Crippen molar-refractivity contribution < 1.29 is 23.6 Å². The number of imide groups is 1. The summed E-state index contributed by atoms with van der Waals surface area (Å²) in [4.78, 5) is 53.8. The number of nitrogens with zero attached hydrogens (tertiary/aromatic N) is 2. The molecule has 1 aliphatic heterocycles. The number of hydrogen-bond acceptors (Lipinski definition) is 4. The van der Waals surface area contributed by atoms with Gasteiger partial charge in [0.2, 0.25) is 23.6 Å². The third-order valence-electron chi connectivity index (χ3n) is 6.61. The zero-order valence-electron chi connectivity index (χ0n) is 19.4. The first kappa shape index (κ1) is 24.6. The first-order chi connectivity index (χ1) is 15.7. The summed E-state index contributed by atoms with van der Waals surface area (Å²) in [5.74, 6) is -2.42. The van der Waals surface area contributed by atoms with Crippen molar-refractivity contribution >= 4 is 23.6 Å². The molecule has 1 aromatic carbocycles.